The van der Waals surface area contributed by atoms with Crippen LogP contribution in [0, 0.1) is 0 Å². The number of rotatable bonds is 6. The summed E-state index contributed by atoms with van der Waals surface area (Å²) in [5, 5.41) is 1.19. The summed E-state index contributed by atoms with van der Waals surface area (Å²) in [7, 11) is 1.85. The van der Waals surface area contributed by atoms with E-state index in [0.29, 0.717) is 22.6 Å². The number of H-pyrrole nitrogens is 1. The maximum absolute atomic E-state index is 12.7. The number of hydrogen-bond acceptors (Lipinski definition) is 6. The highest BCUT2D eigenvalue weighted by atomic mass is 16.5. The van der Waals surface area contributed by atoms with Gasteiger partial charge in [-0.2, -0.15) is 0 Å². The van der Waals surface area contributed by atoms with Crippen LogP contribution in [0.3, 0.4) is 0 Å². The van der Waals surface area contributed by atoms with E-state index in [4.69, 9.17) is 9.47 Å². The molecular weight excluding hydrogens is 568 g/mol. The number of hydrogen-bond donors (Lipinski definition) is 1. The molecule has 0 spiro atoms. The SMILES string of the molecule is CCOC(=O)c1c[nH]c2ccc(C3CCCCC3)cc2c1=O.CCOC(=O)c1cn(C)c2ccc(C3CCCCC3)cc2c1=O. The molecule has 6 rings (SSSR count). The van der Waals surface area contributed by atoms with Crippen molar-refractivity contribution in [1.82, 2.24) is 9.55 Å². The van der Waals surface area contributed by atoms with Crippen LogP contribution in [0.15, 0.2) is 58.4 Å². The van der Waals surface area contributed by atoms with Crippen molar-refractivity contribution in [1.29, 1.82) is 0 Å². The number of ether oxygens (including phenoxy) is 2. The third-order valence-corrected chi connectivity index (χ3v) is 9.26. The van der Waals surface area contributed by atoms with Crippen LogP contribution in [0.5, 0.6) is 0 Å². The van der Waals surface area contributed by atoms with Gasteiger partial charge in [-0.25, -0.2) is 9.59 Å². The Kier molecular flexibility index (Phi) is 10.5. The van der Waals surface area contributed by atoms with Crippen molar-refractivity contribution in [3.63, 3.8) is 0 Å². The summed E-state index contributed by atoms with van der Waals surface area (Å²) < 4.78 is 11.8. The van der Waals surface area contributed by atoms with Gasteiger partial charge in [0.05, 0.1) is 18.7 Å². The molecular formula is C37H44N2O6. The van der Waals surface area contributed by atoms with Crippen LogP contribution in [0.2, 0.25) is 0 Å². The largest absolute Gasteiger partial charge is 0.462 e. The molecule has 238 valence electrons. The van der Waals surface area contributed by atoms with Gasteiger partial charge < -0.3 is 19.0 Å². The maximum atomic E-state index is 12.7. The number of fused-ring (bicyclic) bond motifs is 2. The van der Waals surface area contributed by atoms with E-state index in [-0.39, 0.29) is 35.2 Å². The van der Waals surface area contributed by atoms with E-state index in [1.807, 2.05) is 35.9 Å². The van der Waals surface area contributed by atoms with Crippen molar-refractivity contribution in [2.24, 2.45) is 7.05 Å². The molecule has 2 aromatic heterocycles. The summed E-state index contributed by atoms with van der Waals surface area (Å²) >= 11 is 0. The summed E-state index contributed by atoms with van der Waals surface area (Å²) in [4.78, 5) is 52.2. The van der Waals surface area contributed by atoms with E-state index in [1.54, 1.807) is 20.0 Å². The van der Waals surface area contributed by atoms with Crippen LogP contribution in [-0.2, 0) is 16.5 Å². The number of esters is 2. The highest BCUT2D eigenvalue weighted by Gasteiger charge is 2.20. The molecule has 0 amide bonds. The van der Waals surface area contributed by atoms with Gasteiger partial charge in [-0.05, 0) is 86.8 Å². The Labute approximate surface area is 263 Å². The molecule has 1 N–H and O–H groups in total. The van der Waals surface area contributed by atoms with Gasteiger partial charge in [0.1, 0.15) is 11.1 Å². The topological polar surface area (TPSA) is 107 Å². The predicted molar refractivity (Wildman–Crippen MR) is 177 cm³/mol. The minimum Gasteiger partial charge on any atom is -0.462 e. The molecule has 0 bridgehead atoms. The number of aromatic amines is 1. The van der Waals surface area contributed by atoms with Crippen molar-refractivity contribution in [3.05, 3.63) is 91.5 Å². The lowest BCUT2D eigenvalue weighted by Crippen LogP contribution is -2.20. The lowest BCUT2D eigenvalue weighted by atomic mass is 9.83. The molecule has 0 atom stereocenters. The number of nitrogens with one attached hydrogen (secondary N) is 1. The molecule has 2 saturated carbocycles. The number of benzene rings is 2. The minimum atomic E-state index is -0.561. The molecule has 2 heterocycles. The number of carbonyl (C=O) groups is 2. The Balaban J connectivity index is 0.000000178. The minimum absolute atomic E-state index is 0.0788. The molecule has 45 heavy (non-hydrogen) atoms. The predicted octanol–water partition coefficient (Wildman–Crippen LogP) is 7.52. The Hall–Kier alpha value is -4.20. The summed E-state index contributed by atoms with van der Waals surface area (Å²) in [6.07, 6.45) is 15.4. The van der Waals surface area contributed by atoms with E-state index in [2.05, 4.69) is 17.1 Å². The second-order valence-corrected chi connectivity index (χ2v) is 12.2. The van der Waals surface area contributed by atoms with Crippen LogP contribution in [-0.4, -0.2) is 34.7 Å². The first kappa shape index (κ1) is 32.2. The molecule has 0 unspecified atom stereocenters. The normalized spacial score (nSPS) is 15.8. The molecule has 0 radical (unpaired) electrons. The maximum Gasteiger partial charge on any atom is 0.343 e. The molecule has 2 aliphatic rings. The van der Waals surface area contributed by atoms with Gasteiger partial charge in [0.2, 0.25) is 10.9 Å². The standard InChI is InChI=1S/C19H23NO3.C18H21NO3/c1-3-23-19(22)16-12-20(2)17-10-9-14(11-15(17)18(16)21)13-7-5-4-6-8-13;1-2-22-18(21)15-11-19-16-9-8-13(10-14(16)17(15)20)12-6-4-3-5-7-12/h9-13H,3-8H2,1-2H3;8-12H,2-7H2,1H3,(H,19,20). The van der Waals surface area contributed by atoms with Crippen LogP contribution in [0.4, 0.5) is 0 Å². The summed E-state index contributed by atoms with van der Waals surface area (Å²) in [5.41, 5.74) is 3.76. The fourth-order valence-corrected chi connectivity index (χ4v) is 6.84. The fourth-order valence-electron chi connectivity index (χ4n) is 6.84. The Morgan fingerprint density at radius 1 is 0.733 bits per heavy atom. The Morgan fingerprint density at radius 2 is 1.24 bits per heavy atom. The molecule has 8 nitrogen and oxygen atoms in total. The molecule has 2 aliphatic carbocycles. The zero-order chi connectivity index (χ0) is 31.9. The number of nitrogens with zero attached hydrogens (tertiary/aromatic N) is 1. The van der Waals surface area contributed by atoms with Crippen molar-refractivity contribution >= 4 is 33.7 Å². The lowest BCUT2D eigenvalue weighted by molar-refractivity contribution is 0.0515. The average Bonchev–Trinajstić information content (AvgIpc) is 3.07. The highest BCUT2D eigenvalue weighted by Crippen LogP contribution is 2.34. The molecule has 0 aliphatic heterocycles. The van der Waals surface area contributed by atoms with Gasteiger partial charge in [-0.15, -0.1) is 0 Å². The van der Waals surface area contributed by atoms with Crippen molar-refractivity contribution in [2.75, 3.05) is 13.2 Å². The fraction of sp³-hybridized carbons (Fsp3) is 0.459. The molecule has 8 heteroatoms. The van der Waals surface area contributed by atoms with Crippen molar-refractivity contribution < 1.29 is 19.1 Å². The zero-order valence-electron chi connectivity index (χ0n) is 26.7. The Morgan fingerprint density at radius 3 is 1.82 bits per heavy atom. The van der Waals surface area contributed by atoms with Crippen LogP contribution >= 0.6 is 0 Å². The third kappa shape index (κ3) is 7.21. The average molecular weight is 613 g/mol. The number of pyridine rings is 2. The van der Waals surface area contributed by atoms with Crippen LogP contribution in [0.1, 0.15) is 122 Å². The third-order valence-electron chi connectivity index (χ3n) is 9.26. The monoisotopic (exact) mass is 612 g/mol. The summed E-state index contributed by atoms with van der Waals surface area (Å²) in [6, 6.07) is 12.1. The van der Waals surface area contributed by atoms with E-state index < -0.39 is 11.9 Å². The van der Waals surface area contributed by atoms with Gasteiger partial charge in [0, 0.05) is 35.7 Å². The van der Waals surface area contributed by atoms with E-state index in [1.165, 1.54) is 81.5 Å². The smallest absolute Gasteiger partial charge is 0.343 e. The Bertz CT molecular complexity index is 1790. The number of aryl methyl sites for hydroxylation is 1. The van der Waals surface area contributed by atoms with Gasteiger partial charge in [0.25, 0.3) is 0 Å². The quantitative estimate of drug-likeness (QED) is 0.226. The molecule has 0 saturated heterocycles. The first-order chi connectivity index (χ1) is 21.8. The summed E-state index contributed by atoms with van der Waals surface area (Å²) in [5.74, 6) is -0.0420. The van der Waals surface area contributed by atoms with Gasteiger partial charge in [-0.3, -0.25) is 9.59 Å². The van der Waals surface area contributed by atoms with E-state index >= 15 is 0 Å². The van der Waals surface area contributed by atoms with Crippen LogP contribution < -0.4 is 10.9 Å². The zero-order valence-corrected chi connectivity index (χ0v) is 26.7. The molecule has 2 aromatic carbocycles. The van der Waals surface area contributed by atoms with Gasteiger partial charge >= 0.3 is 11.9 Å². The van der Waals surface area contributed by atoms with E-state index in [9.17, 15) is 19.2 Å². The lowest BCUT2D eigenvalue weighted by Gasteiger charge is -2.22. The van der Waals surface area contributed by atoms with Gasteiger partial charge in [-0.1, -0.05) is 50.7 Å². The second kappa shape index (κ2) is 14.7. The van der Waals surface area contributed by atoms with E-state index in [0.717, 1.165) is 11.0 Å². The number of aromatic nitrogens is 2. The van der Waals surface area contributed by atoms with Crippen molar-refractivity contribution in [3.8, 4) is 0 Å². The molecule has 4 aromatic rings. The van der Waals surface area contributed by atoms with Gasteiger partial charge in [0.15, 0.2) is 0 Å². The first-order valence-electron chi connectivity index (χ1n) is 16.4. The first-order valence-corrected chi connectivity index (χ1v) is 16.4. The van der Waals surface area contributed by atoms with Crippen LogP contribution in [0.25, 0.3) is 21.8 Å². The second-order valence-electron chi connectivity index (χ2n) is 12.2. The highest BCUT2D eigenvalue weighted by molar-refractivity contribution is 5.94. The molecule has 2 fully saturated rings. The summed E-state index contributed by atoms with van der Waals surface area (Å²) in [6.45, 7) is 4.00. The van der Waals surface area contributed by atoms with Crippen molar-refractivity contribution in [2.45, 2.75) is 89.9 Å². The number of carbonyl (C=O) groups excluding carboxylic acids is 2.